The molecule has 27 nitrogen and oxygen atoms in total. The molecule has 0 heterocycles. The molecule has 1 unspecified atom stereocenters. The van der Waals surface area contributed by atoms with Gasteiger partial charge in [0, 0.05) is 37.7 Å². The van der Waals surface area contributed by atoms with E-state index in [9.17, 15) is 46.8 Å². The van der Waals surface area contributed by atoms with Gasteiger partial charge in [-0.15, -0.1) is 23.2 Å². The first-order valence-electron chi connectivity index (χ1n) is 23.8. The molecule has 0 saturated carbocycles. The maximum Gasteiger partial charge on any atom is 0.322 e. The Morgan fingerprint density at radius 3 is 1.68 bits per heavy atom. The second-order valence-electron chi connectivity index (χ2n) is 17.3. The van der Waals surface area contributed by atoms with Crippen molar-refractivity contribution in [3.8, 4) is 5.75 Å². The van der Waals surface area contributed by atoms with Crippen LogP contribution in [0.5, 0.6) is 5.75 Å². The van der Waals surface area contributed by atoms with E-state index in [-0.39, 0.29) is 36.5 Å². The highest BCUT2D eigenvalue weighted by Gasteiger charge is 2.25. The van der Waals surface area contributed by atoms with Crippen LogP contribution in [0.2, 0.25) is 0 Å². The van der Waals surface area contributed by atoms with Gasteiger partial charge in [0.2, 0.25) is 24.1 Å². The Hall–Kier alpha value is -7.86. The summed E-state index contributed by atoms with van der Waals surface area (Å²) in [4.78, 5) is 87.3. The van der Waals surface area contributed by atoms with Crippen LogP contribution >= 0.6 is 35.4 Å². The van der Waals surface area contributed by atoms with E-state index in [4.69, 9.17) is 55.7 Å². The van der Waals surface area contributed by atoms with Crippen molar-refractivity contribution < 1.29 is 56.6 Å². The lowest BCUT2D eigenvalue weighted by atomic mass is 9.95. The third-order valence-corrected chi connectivity index (χ3v) is 10.7. The maximum atomic E-state index is 11.6. The van der Waals surface area contributed by atoms with Gasteiger partial charge in [-0.25, -0.2) is 18.0 Å². The minimum Gasteiger partial charge on any atom is -0.488 e. The van der Waals surface area contributed by atoms with E-state index >= 15 is 0 Å². The Morgan fingerprint density at radius 2 is 1.23 bits per heavy atom. The molecule has 0 aliphatic rings. The number of carbonyl (C=O) groups excluding carboxylic acids is 7. The number of aliphatic carboxylic acids is 1. The van der Waals surface area contributed by atoms with E-state index in [1.165, 1.54) is 0 Å². The van der Waals surface area contributed by atoms with Crippen molar-refractivity contribution in [2.24, 2.45) is 22.3 Å². The number of nitrogens with zero attached hydrogens (tertiary/aromatic N) is 1. The lowest BCUT2D eigenvalue weighted by Gasteiger charge is -2.26. The van der Waals surface area contributed by atoms with E-state index in [2.05, 4.69) is 70.6 Å². The van der Waals surface area contributed by atoms with Crippen molar-refractivity contribution in [1.82, 2.24) is 53.3 Å². The summed E-state index contributed by atoms with van der Waals surface area (Å²) in [5.41, 5.74) is 19.5. The van der Waals surface area contributed by atoms with Gasteiger partial charge >= 0.3 is 18.0 Å². The number of urea groups is 2. The molecule has 0 aliphatic heterocycles. The number of hydrazone groups is 1. The number of para-hydroxylation sites is 1. The van der Waals surface area contributed by atoms with Crippen LogP contribution in [0.3, 0.4) is 0 Å². The number of rotatable bonds is 26. The number of alkyl halides is 2. The second-order valence-corrected chi connectivity index (χ2v) is 20.6. The van der Waals surface area contributed by atoms with Crippen molar-refractivity contribution in [3.05, 3.63) is 102 Å². The zero-order valence-electron chi connectivity index (χ0n) is 45.3. The molecule has 31 heteroatoms. The number of ether oxygens (including phenoxy) is 1. The van der Waals surface area contributed by atoms with Gasteiger partial charge < -0.3 is 74.9 Å². The molecular weight excluding hydrogens is 1130 g/mol. The maximum absolute atomic E-state index is 11.6. The average Bonchev–Trinajstić information content (AvgIpc) is 3.40. The third kappa shape index (κ3) is 42.2. The number of amides is 9. The van der Waals surface area contributed by atoms with Crippen molar-refractivity contribution >= 4 is 110 Å². The number of hydrogen-bond donors (Lipinski definition) is 15. The average molecular weight is 1200 g/mol. The zero-order chi connectivity index (χ0) is 61.2. The van der Waals surface area contributed by atoms with Crippen molar-refractivity contribution in [2.45, 2.75) is 58.3 Å². The number of sulfone groups is 1. The minimum atomic E-state index is -3.12. The molecule has 9 amide bonds. The molecule has 0 spiro atoms. The van der Waals surface area contributed by atoms with Gasteiger partial charge in [-0.1, -0.05) is 78.9 Å². The molecule has 0 aliphatic carbocycles. The molecular formula is C49H75Cl2N15O12S2. The van der Waals surface area contributed by atoms with E-state index in [1.54, 1.807) is 13.8 Å². The standard InChI is InChI=1S/C12H17ClN2O.C11H14N4O2.C10H13N3OS.C8H17ClN2O3S.C8H14N4O5/c1-12(2,10-6-4-3-5-7-10)15-11(16)14-9-8-13;12-10(13)9(15-7-16)11(17)14-6-8-4-2-1-3-5-8;1-8(12-13-10(11)15)7-14-9-5-3-2-4-6-9;1-8(2,6-15(3,13)14)11-7(12)10-5-4-9;9-1-5(13)10-2-6(14)11-3-7(15)12-4-8(16)17/h3-7H,8-9H2,1-2H3,(H2,14,15,16);1-5,7,9H,6H2,(H3,12,13)(H,14,17)(H,15,16);2-6H,7H2,1H3,(H3,11,13,15);4-6H2,1-3H3,(H2,10,11,12);1-4,9H2,(H,10,13)(H,11,14)(H,12,15)(H,16,17)/b;;12-8-;;. The number of nitrogens with one attached hydrogen (secondary N) is 11. The molecule has 444 valence electrons. The van der Waals surface area contributed by atoms with Gasteiger partial charge in [-0.3, -0.25) is 39.6 Å². The fraction of sp³-hybridized carbons (Fsp3) is 0.408. The van der Waals surface area contributed by atoms with Crippen LogP contribution in [0.1, 0.15) is 45.7 Å². The van der Waals surface area contributed by atoms with Gasteiger partial charge in [0.15, 0.2) is 11.2 Å². The number of halogens is 2. The fourth-order valence-corrected chi connectivity index (χ4v) is 7.12. The Bertz CT molecular complexity index is 2540. The lowest BCUT2D eigenvalue weighted by Crippen LogP contribution is -2.52. The van der Waals surface area contributed by atoms with Crippen LogP contribution in [0.15, 0.2) is 96.1 Å². The number of thiocarbonyl (C=S) groups is 1. The summed E-state index contributed by atoms with van der Waals surface area (Å²) in [5, 5.41) is 41.3. The van der Waals surface area contributed by atoms with Crippen LogP contribution in [0.25, 0.3) is 0 Å². The van der Waals surface area contributed by atoms with E-state index < -0.39 is 75.0 Å². The topological polar surface area (TPSA) is 435 Å². The SMILES string of the molecule is C/C(COc1ccccc1)=N/NC(N)=S.CC(C)(CS(C)(=O)=O)NC(=O)NCCCl.CC(C)(NC(=O)NCCCl)c1ccccc1.N=C(N)C(NC=O)C(=O)NCc1ccccc1.NCC(=O)NCC(=O)NCC(=O)NCC(=O)O. The highest BCUT2D eigenvalue weighted by molar-refractivity contribution is 7.90. The van der Waals surface area contributed by atoms with Crippen LogP contribution in [-0.2, 0) is 50.7 Å². The number of carbonyl (C=O) groups is 8. The Kier molecular flexibility index (Phi) is 39.1. The zero-order valence-corrected chi connectivity index (χ0v) is 48.4. The number of carboxylic acid groups (broad SMARTS) is 1. The first-order chi connectivity index (χ1) is 37.5. The molecule has 0 bridgehead atoms. The van der Waals surface area contributed by atoms with Gasteiger partial charge in [-0.2, -0.15) is 5.10 Å². The monoisotopic (exact) mass is 1200 g/mol. The lowest BCUT2D eigenvalue weighted by molar-refractivity contribution is -0.137. The summed E-state index contributed by atoms with van der Waals surface area (Å²) >= 11 is 15.5. The Morgan fingerprint density at radius 1 is 0.750 bits per heavy atom. The molecule has 3 aromatic rings. The fourth-order valence-electron chi connectivity index (χ4n) is 5.50. The minimum absolute atomic E-state index is 0.103. The van der Waals surface area contributed by atoms with Crippen LogP contribution in [0.4, 0.5) is 9.59 Å². The summed E-state index contributed by atoms with van der Waals surface area (Å²) < 4.78 is 27.5. The number of amidine groups is 1. The van der Waals surface area contributed by atoms with Crippen LogP contribution in [0, 0.1) is 5.41 Å². The number of carboxylic acids is 1. The molecule has 3 rings (SSSR count). The normalized spacial score (nSPS) is 10.9. The second kappa shape index (κ2) is 42.1. The predicted octanol–water partition coefficient (Wildman–Crippen LogP) is -0.187. The summed E-state index contributed by atoms with van der Waals surface area (Å²) in [6.07, 6.45) is 1.47. The number of nitrogens with two attached hydrogens (primary N) is 3. The summed E-state index contributed by atoms with van der Waals surface area (Å²) in [6.45, 7) is 9.20. The smallest absolute Gasteiger partial charge is 0.322 e. The van der Waals surface area contributed by atoms with Crippen LogP contribution < -0.4 is 75.2 Å². The van der Waals surface area contributed by atoms with Crippen molar-refractivity contribution in [2.75, 3.05) is 69.6 Å². The number of hydrogen-bond acceptors (Lipinski definition) is 15. The van der Waals surface area contributed by atoms with Gasteiger partial charge in [0.05, 0.1) is 42.2 Å². The molecule has 0 fully saturated rings. The molecule has 0 aromatic heterocycles. The first kappa shape index (κ1) is 74.2. The summed E-state index contributed by atoms with van der Waals surface area (Å²) in [6, 6.07) is 26.9. The Balaban J connectivity index is 0. The first-order valence-corrected chi connectivity index (χ1v) is 27.4. The van der Waals surface area contributed by atoms with Gasteiger partial charge in [-0.05, 0) is 70.1 Å². The van der Waals surface area contributed by atoms with E-state index in [0.717, 1.165) is 28.8 Å². The van der Waals surface area contributed by atoms with Crippen LogP contribution in [-0.4, -0.2) is 159 Å². The number of benzene rings is 3. The quantitative estimate of drug-likeness (QED) is 0.0124. The highest BCUT2D eigenvalue weighted by Crippen LogP contribution is 2.19. The molecule has 18 N–H and O–H groups in total. The molecule has 1 atom stereocenters. The van der Waals surface area contributed by atoms with E-state index in [0.29, 0.717) is 44.4 Å². The summed E-state index contributed by atoms with van der Waals surface area (Å²) in [5.74, 6) is -2.34. The molecule has 3 aromatic carbocycles. The Labute approximate surface area is 481 Å². The van der Waals surface area contributed by atoms with Crippen molar-refractivity contribution in [1.29, 1.82) is 5.41 Å². The highest BCUT2D eigenvalue weighted by atomic mass is 35.5. The molecule has 0 saturated heterocycles. The van der Waals surface area contributed by atoms with Gasteiger partial charge in [0.1, 0.15) is 34.6 Å². The largest absolute Gasteiger partial charge is 0.488 e. The molecule has 80 heavy (non-hydrogen) atoms. The molecule has 0 radical (unpaired) electrons. The van der Waals surface area contributed by atoms with E-state index in [1.807, 2.05) is 112 Å². The van der Waals surface area contributed by atoms with Crippen molar-refractivity contribution in [3.63, 3.8) is 0 Å². The third-order valence-electron chi connectivity index (χ3n) is 8.94. The van der Waals surface area contributed by atoms with Gasteiger partial charge in [0.25, 0.3) is 5.91 Å². The predicted molar refractivity (Wildman–Crippen MR) is 312 cm³/mol. The summed E-state index contributed by atoms with van der Waals surface area (Å²) in [7, 11) is -3.12.